The molecule has 0 spiro atoms. The van der Waals surface area contributed by atoms with E-state index in [-0.39, 0.29) is 0 Å². The van der Waals surface area contributed by atoms with Crippen LogP contribution >= 0.6 is 0 Å². The van der Waals surface area contributed by atoms with E-state index in [9.17, 15) is 0 Å². The molecule has 0 aliphatic rings. The van der Waals surface area contributed by atoms with Crippen LogP contribution in [0, 0.1) is 0 Å². The summed E-state index contributed by atoms with van der Waals surface area (Å²) < 4.78 is 13.5. The Kier molecular flexibility index (Phi) is 9.97. The number of quaternary nitrogens is 1. The molecule has 0 radical (unpaired) electrons. The summed E-state index contributed by atoms with van der Waals surface area (Å²) in [5, 5.41) is 0. The molecule has 0 aliphatic heterocycles. The summed E-state index contributed by atoms with van der Waals surface area (Å²) >= 11 is 0. The first-order valence-corrected chi connectivity index (χ1v) is 10.2. The molecule has 0 bridgehead atoms. The maximum absolute atomic E-state index is 6.25. The zero-order chi connectivity index (χ0) is 14.8. The van der Waals surface area contributed by atoms with Gasteiger partial charge in [0.15, 0.2) is 0 Å². The molecule has 0 saturated carbocycles. The van der Waals surface area contributed by atoms with E-state index < -0.39 is 8.56 Å². The van der Waals surface area contributed by atoms with Gasteiger partial charge >= 0.3 is 8.56 Å². The summed E-state index contributed by atoms with van der Waals surface area (Å²) in [4.78, 5) is 0. The lowest BCUT2D eigenvalue weighted by Gasteiger charge is -2.32. The van der Waals surface area contributed by atoms with Gasteiger partial charge in [0, 0.05) is 13.2 Å². The third-order valence-corrected chi connectivity index (χ3v) is 6.99. The highest BCUT2D eigenvalue weighted by molar-refractivity contribution is 6.67. The second kappa shape index (κ2) is 9.92. The number of hydrogen-bond acceptors (Lipinski definition) is 2. The molecule has 0 fully saturated rings. The quantitative estimate of drug-likeness (QED) is 0.402. The predicted octanol–water partition coefficient (Wildman–Crippen LogP) is 3.79. The Bertz CT molecular complexity index is 209. The van der Waals surface area contributed by atoms with Crippen LogP contribution < -0.4 is 0 Å². The van der Waals surface area contributed by atoms with Crippen LogP contribution in [0.5, 0.6) is 0 Å². The molecule has 0 aliphatic carbocycles. The monoisotopic (exact) mass is 290 g/mol. The number of hydrogen-bond donors (Lipinski definition) is 0. The van der Waals surface area contributed by atoms with Gasteiger partial charge in [-0.25, -0.2) is 0 Å². The third kappa shape index (κ3) is 9.60. The second-order valence-electron chi connectivity index (χ2n) is 6.48. The van der Waals surface area contributed by atoms with Gasteiger partial charge in [0.2, 0.25) is 0 Å². The van der Waals surface area contributed by atoms with Gasteiger partial charge in [-0.05, 0) is 31.4 Å². The SMILES string of the molecule is CCCO[Si](CCC)(CCC[N+](C)(C)C)OCCC. The van der Waals surface area contributed by atoms with Crippen molar-refractivity contribution >= 4 is 8.56 Å². The molecular weight excluding hydrogens is 254 g/mol. The maximum Gasteiger partial charge on any atom is 0.338 e. The fourth-order valence-electron chi connectivity index (χ4n) is 2.24. The van der Waals surface area contributed by atoms with Crippen molar-refractivity contribution in [1.82, 2.24) is 0 Å². The highest BCUT2D eigenvalue weighted by Gasteiger charge is 2.36. The van der Waals surface area contributed by atoms with Crippen LogP contribution in [0.2, 0.25) is 12.1 Å². The fraction of sp³-hybridized carbons (Fsp3) is 1.00. The first kappa shape index (κ1) is 19.1. The average Bonchev–Trinajstić information content (AvgIpc) is 2.32. The van der Waals surface area contributed by atoms with Gasteiger partial charge in [-0.3, -0.25) is 0 Å². The van der Waals surface area contributed by atoms with E-state index in [1.807, 2.05) is 0 Å². The van der Waals surface area contributed by atoms with Gasteiger partial charge in [-0.2, -0.15) is 0 Å². The lowest BCUT2D eigenvalue weighted by atomic mass is 10.4. The van der Waals surface area contributed by atoms with E-state index in [2.05, 4.69) is 41.9 Å². The molecule has 0 aromatic carbocycles. The van der Waals surface area contributed by atoms with Crippen LogP contribution in [0.25, 0.3) is 0 Å². The van der Waals surface area contributed by atoms with Crippen molar-refractivity contribution in [2.45, 2.75) is 58.5 Å². The summed E-state index contributed by atoms with van der Waals surface area (Å²) in [5.74, 6) is 0. The average molecular weight is 291 g/mol. The zero-order valence-electron chi connectivity index (χ0n) is 14.1. The van der Waals surface area contributed by atoms with Crippen molar-refractivity contribution in [2.24, 2.45) is 0 Å². The van der Waals surface area contributed by atoms with E-state index in [0.29, 0.717) is 0 Å². The van der Waals surface area contributed by atoms with Crippen molar-refractivity contribution in [2.75, 3.05) is 40.9 Å². The lowest BCUT2D eigenvalue weighted by molar-refractivity contribution is -0.870. The van der Waals surface area contributed by atoms with E-state index in [1.165, 1.54) is 19.4 Å². The molecule has 0 aromatic heterocycles. The first-order chi connectivity index (χ1) is 8.89. The third-order valence-electron chi connectivity index (χ3n) is 3.16. The molecular formula is C15H36NO2Si+. The van der Waals surface area contributed by atoms with Gasteiger partial charge in [0.25, 0.3) is 0 Å². The highest BCUT2D eigenvalue weighted by atomic mass is 28.4. The van der Waals surface area contributed by atoms with Crippen molar-refractivity contribution < 1.29 is 13.3 Å². The van der Waals surface area contributed by atoms with Crippen LogP contribution in [-0.2, 0) is 8.85 Å². The van der Waals surface area contributed by atoms with Gasteiger partial charge in [-0.1, -0.05) is 27.2 Å². The van der Waals surface area contributed by atoms with E-state index >= 15 is 0 Å². The van der Waals surface area contributed by atoms with Crippen LogP contribution in [0.3, 0.4) is 0 Å². The maximum atomic E-state index is 6.25. The minimum atomic E-state index is -1.95. The fourth-order valence-corrected chi connectivity index (χ4v) is 5.76. The number of rotatable bonds is 12. The number of nitrogens with zero attached hydrogens (tertiary/aromatic N) is 1. The minimum Gasteiger partial charge on any atom is -0.394 e. The zero-order valence-corrected chi connectivity index (χ0v) is 15.1. The Morgan fingerprint density at radius 3 is 1.68 bits per heavy atom. The molecule has 0 atom stereocenters. The van der Waals surface area contributed by atoms with Gasteiger partial charge < -0.3 is 13.3 Å². The molecule has 0 unspecified atom stereocenters. The summed E-state index contributed by atoms with van der Waals surface area (Å²) in [6.45, 7) is 9.52. The molecule has 0 aromatic rings. The van der Waals surface area contributed by atoms with Gasteiger partial charge in [0.05, 0.1) is 27.7 Å². The molecule has 3 nitrogen and oxygen atoms in total. The molecule has 0 saturated heterocycles. The molecule has 0 N–H and O–H groups in total. The first-order valence-electron chi connectivity index (χ1n) is 7.97. The lowest BCUT2D eigenvalue weighted by Crippen LogP contribution is -2.44. The van der Waals surface area contributed by atoms with Crippen molar-refractivity contribution in [3.63, 3.8) is 0 Å². The van der Waals surface area contributed by atoms with Crippen molar-refractivity contribution in [3.05, 3.63) is 0 Å². The molecule has 4 heteroatoms. The van der Waals surface area contributed by atoms with Gasteiger partial charge in [-0.15, -0.1) is 0 Å². The van der Waals surface area contributed by atoms with Crippen LogP contribution in [-0.4, -0.2) is 53.9 Å². The minimum absolute atomic E-state index is 0.861. The van der Waals surface area contributed by atoms with E-state index in [4.69, 9.17) is 8.85 Å². The molecule has 0 rings (SSSR count). The summed E-state index contributed by atoms with van der Waals surface area (Å²) in [5.41, 5.74) is 0. The standard InChI is InChI=1S/C15H36NO2Si/c1-7-12-17-19(14-9-3,18-13-8-2)15-10-11-16(4,5)6/h7-15H2,1-6H3/q+1. The largest absolute Gasteiger partial charge is 0.394 e. The molecule has 0 heterocycles. The topological polar surface area (TPSA) is 18.5 Å². The summed E-state index contributed by atoms with van der Waals surface area (Å²) in [6.07, 6.45) is 4.56. The normalized spacial score (nSPS) is 12.9. The Morgan fingerprint density at radius 2 is 1.32 bits per heavy atom. The van der Waals surface area contributed by atoms with Crippen molar-refractivity contribution in [1.29, 1.82) is 0 Å². The van der Waals surface area contributed by atoms with Crippen LogP contribution in [0.15, 0.2) is 0 Å². The Labute approximate surface area is 122 Å². The van der Waals surface area contributed by atoms with Gasteiger partial charge in [0.1, 0.15) is 0 Å². The second-order valence-corrected chi connectivity index (χ2v) is 9.87. The predicted molar refractivity (Wildman–Crippen MR) is 85.7 cm³/mol. The summed E-state index contributed by atoms with van der Waals surface area (Å²) in [6, 6.07) is 2.29. The molecule has 19 heavy (non-hydrogen) atoms. The Balaban J connectivity index is 4.48. The van der Waals surface area contributed by atoms with Crippen molar-refractivity contribution in [3.8, 4) is 0 Å². The summed E-state index contributed by atoms with van der Waals surface area (Å²) in [7, 11) is 4.81. The highest BCUT2D eigenvalue weighted by Crippen LogP contribution is 2.24. The van der Waals surface area contributed by atoms with E-state index in [1.54, 1.807) is 0 Å². The molecule has 116 valence electrons. The Morgan fingerprint density at radius 1 is 0.789 bits per heavy atom. The van der Waals surface area contributed by atoms with Crippen LogP contribution in [0.4, 0.5) is 0 Å². The Hall–Kier alpha value is 0.0969. The van der Waals surface area contributed by atoms with E-state index in [0.717, 1.165) is 42.6 Å². The molecule has 0 amide bonds. The van der Waals surface area contributed by atoms with Crippen LogP contribution in [0.1, 0.15) is 46.5 Å². The smallest absolute Gasteiger partial charge is 0.338 e.